The minimum Gasteiger partial charge on any atom is -0.238 e. The number of benzene rings is 1. The SMILES string of the molecule is CC.Cc1nc(C)c2c(n1)sc1ccccc12. The first kappa shape index (κ1) is 12.0. The highest BCUT2D eigenvalue weighted by Gasteiger charge is 2.09. The van der Waals surface area contributed by atoms with E-state index in [9.17, 15) is 0 Å². The standard InChI is InChI=1S/C12H10N2S.C2H6/c1-7-11-9-5-3-4-6-10(9)15-12(11)14-8(2)13-7;1-2/h3-6H,1-2H3;1-2H3. The van der Waals surface area contributed by atoms with E-state index in [2.05, 4.69) is 41.2 Å². The van der Waals surface area contributed by atoms with Gasteiger partial charge in [0.2, 0.25) is 0 Å². The van der Waals surface area contributed by atoms with Crippen molar-refractivity contribution in [3.8, 4) is 0 Å². The predicted molar refractivity (Wildman–Crippen MR) is 75.7 cm³/mol. The first-order valence-electron chi connectivity index (χ1n) is 5.88. The lowest BCUT2D eigenvalue weighted by atomic mass is 10.2. The van der Waals surface area contributed by atoms with Crippen LogP contribution in [0.5, 0.6) is 0 Å². The van der Waals surface area contributed by atoms with E-state index in [4.69, 9.17) is 0 Å². The Morgan fingerprint density at radius 3 is 2.47 bits per heavy atom. The van der Waals surface area contributed by atoms with Gasteiger partial charge in [-0.3, -0.25) is 0 Å². The number of aryl methyl sites for hydroxylation is 2. The average molecular weight is 244 g/mol. The summed E-state index contributed by atoms with van der Waals surface area (Å²) in [4.78, 5) is 10.00. The highest BCUT2D eigenvalue weighted by atomic mass is 32.1. The molecule has 0 aliphatic rings. The van der Waals surface area contributed by atoms with E-state index in [1.54, 1.807) is 11.3 Å². The predicted octanol–water partition coefficient (Wildman–Crippen LogP) is 4.49. The number of hydrogen-bond acceptors (Lipinski definition) is 3. The number of fused-ring (bicyclic) bond motifs is 3. The van der Waals surface area contributed by atoms with E-state index < -0.39 is 0 Å². The normalized spacial score (nSPS) is 10.4. The monoisotopic (exact) mass is 244 g/mol. The van der Waals surface area contributed by atoms with Crippen LogP contribution in [0.4, 0.5) is 0 Å². The fourth-order valence-corrected chi connectivity index (χ4v) is 3.10. The van der Waals surface area contributed by atoms with Crippen molar-refractivity contribution in [3.05, 3.63) is 35.8 Å². The molecule has 2 heterocycles. The van der Waals surface area contributed by atoms with E-state index in [0.29, 0.717) is 0 Å². The molecule has 2 aromatic heterocycles. The van der Waals surface area contributed by atoms with Crippen molar-refractivity contribution >= 4 is 31.6 Å². The molecule has 0 saturated heterocycles. The van der Waals surface area contributed by atoms with E-state index in [0.717, 1.165) is 16.3 Å². The smallest absolute Gasteiger partial charge is 0.128 e. The van der Waals surface area contributed by atoms with Gasteiger partial charge in [0.1, 0.15) is 10.7 Å². The minimum absolute atomic E-state index is 0.853. The maximum absolute atomic E-state index is 4.48. The summed E-state index contributed by atoms with van der Waals surface area (Å²) < 4.78 is 1.29. The topological polar surface area (TPSA) is 25.8 Å². The quantitative estimate of drug-likeness (QED) is 0.582. The van der Waals surface area contributed by atoms with Gasteiger partial charge >= 0.3 is 0 Å². The van der Waals surface area contributed by atoms with Gasteiger partial charge in [0.25, 0.3) is 0 Å². The van der Waals surface area contributed by atoms with Gasteiger partial charge in [-0.15, -0.1) is 11.3 Å². The van der Waals surface area contributed by atoms with Gasteiger partial charge in [-0.1, -0.05) is 32.0 Å². The summed E-state index contributed by atoms with van der Waals surface area (Å²) in [5, 5.41) is 2.48. The van der Waals surface area contributed by atoms with Crippen LogP contribution < -0.4 is 0 Å². The first-order chi connectivity index (χ1) is 8.25. The highest BCUT2D eigenvalue weighted by molar-refractivity contribution is 7.25. The Bertz CT molecular complexity index is 656. The minimum atomic E-state index is 0.853. The van der Waals surface area contributed by atoms with Crippen molar-refractivity contribution < 1.29 is 0 Å². The fraction of sp³-hybridized carbons (Fsp3) is 0.286. The largest absolute Gasteiger partial charge is 0.238 e. The van der Waals surface area contributed by atoms with Crippen LogP contribution in [0.25, 0.3) is 20.3 Å². The molecular weight excluding hydrogens is 228 g/mol. The third-order valence-electron chi connectivity index (χ3n) is 2.53. The molecule has 3 aromatic rings. The van der Waals surface area contributed by atoms with Crippen molar-refractivity contribution in [2.45, 2.75) is 27.7 Å². The lowest BCUT2D eigenvalue weighted by Crippen LogP contribution is -1.89. The molecule has 1 aromatic carbocycles. The zero-order chi connectivity index (χ0) is 12.4. The van der Waals surface area contributed by atoms with Crippen molar-refractivity contribution in [2.24, 2.45) is 0 Å². The second-order valence-corrected chi connectivity index (χ2v) is 4.67. The summed E-state index contributed by atoms with van der Waals surface area (Å²) >= 11 is 1.74. The molecule has 2 nitrogen and oxygen atoms in total. The lowest BCUT2D eigenvalue weighted by Gasteiger charge is -1.97. The molecule has 0 atom stereocenters. The van der Waals surface area contributed by atoms with Gasteiger partial charge in [0.05, 0.1) is 5.69 Å². The molecule has 0 aliphatic carbocycles. The van der Waals surface area contributed by atoms with Gasteiger partial charge in [-0.05, 0) is 19.9 Å². The number of hydrogen-bond donors (Lipinski definition) is 0. The van der Waals surface area contributed by atoms with Crippen molar-refractivity contribution in [2.75, 3.05) is 0 Å². The number of aromatic nitrogens is 2. The molecule has 0 spiro atoms. The molecular formula is C14H16N2S. The Balaban J connectivity index is 0.000000514. The van der Waals surface area contributed by atoms with E-state index >= 15 is 0 Å². The van der Waals surface area contributed by atoms with Crippen LogP contribution in [0.1, 0.15) is 25.4 Å². The van der Waals surface area contributed by atoms with Crippen LogP contribution in [0.3, 0.4) is 0 Å². The Morgan fingerprint density at radius 2 is 1.71 bits per heavy atom. The van der Waals surface area contributed by atoms with Gasteiger partial charge in [-0.2, -0.15) is 0 Å². The van der Waals surface area contributed by atoms with Gasteiger partial charge in [-0.25, -0.2) is 9.97 Å². The zero-order valence-electron chi connectivity index (χ0n) is 10.6. The third-order valence-corrected chi connectivity index (χ3v) is 3.60. The summed E-state index contributed by atoms with van der Waals surface area (Å²) in [5.41, 5.74) is 1.08. The molecule has 0 radical (unpaired) electrons. The molecule has 0 unspecified atom stereocenters. The van der Waals surface area contributed by atoms with Crippen LogP contribution >= 0.6 is 11.3 Å². The number of rotatable bonds is 0. The molecule has 0 amide bonds. The Kier molecular flexibility index (Phi) is 3.38. The Hall–Kier alpha value is -1.48. The van der Waals surface area contributed by atoms with Crippen LogP contribution in [-0.2, 0) is 0 Å². The molecule has 0 aliphatic heterocycles. The zero-order valence-corrected chi connectivity index (χ0v) is 11.4. The van der Waals surface area contributed by atoms with E-state index in [1.807, 2.05) is 20.8 Å². The molecule has 3 heteroatoms. The molecule has 0 N–H and O–H groups in total. The molecule has 0 bridgehead atoms. The van der Waals surface area contributed by atoms with Crippen LogP contribution in [0.2, 0.25) is 0 Å². The van der Waals surface area contributed by atoms with Crippen LogP contribution in [0, 0.1) is 13.8 Å². The average Bonchev–Trinajstić information content (AvgIpc) is 2.69. The van der Waals surface area contributed by atoms with Crippen LogP contribution in [-0.4, -0.2) is 9.97 Å². The third kappa shape index (κ3) is 2.03. The maximum atomic E-state index is 4.48. The van der Waals surface area contributed by atoms with Gasteiger partial charge in [0, 0.05) is 15.5 Å². The fourth-order valence-electron chi connectivity index (χ4n) is 1.93. The van der Waals surface area contributed by atoms with Gasteiger partial charge < -0.3 is 0 Å². The second kappa shape index (κ2) is 4.80. The lowest BCUT2D eigenvalue weighted by molar-refractivity contribution is 1.06. The molecule has 0 fully saturated rings. The van der Waals surface area contributed by atoms with Crippen molar-refractivity contribution in [1.29, 1.82) is 0 Å². The maximum Gasteiger partial charge on any atom is 0.128 e. The Morgan fingerprint density at radius 1 is 1.00 bits per heavy atom. The first-order valence-corrected chi connectivity index (χ1v) is 6.70. The summed E-state index contributed by atoms with van der Waals surface area (Å²) in [5.74, 6) is 0.853. The van der Waals surface area contributed by atoms with Crippen molar-refractivity contribution in [3.63, 3.8) is 0 Å². The summed E-state index contributed by atoms with van der Waals surface area (Å²) in [6.07, 6.45) is 0. The van der Waals surface area contributed by atoms with Crippen molar-refractivity contribution in [1.82, 2.24) is 9.97 Å². The molecule has 3 rings (SSSR count). The molecule has 17 heavy (non-hydrogen) atoms. The number of thiophene rings is 1. The van der Waals surface area contributed by atoms with Gasteiger partial charge in [0.15, 0.2) is 0 Å². The highest BCUT2D eigenvalue weighted by Crippen LogP contribution is 2.33. The second-order valence-electron chi connectivity index (χ2n) is 3.63. The molecule has 88 valence electrons. The molecule has 0 saturated carbocycles. The van der Waals surface area contributed by atoms with E-state index in [1.165, 1.54) is 15.5 Å². The summed E-state index contributed by atoms with van der Waals surface area (Å²) in [7, 11) is 0. The van der Waals surface area contributed by atoms with Crippen LogP contribution in [0.15, 0.2) is 24.3 Å². The number of nitrogens with zero attached hydrogens (tertiary/aromatic N) is 2. The van der Waals surface area contributed by atoms with E-state index in [-0.39, 0.29) is 0 Å². The summed E-state index contributed by atoms with van der Waals surface area (Å²) in [6, 6.07) is 8.40. The summed E-state index contributed by atoms with van der Waals surface area (Å²) in [6.45, 7) is 7.99. The Labute approximate surface area is 105 Å².